The van der Waals surface area contributed by atoms with Gasteiger partial charge in [-0.3, -0.25) is 4.79 Å². The van der Waals surface area contributed by atoms with Gasteiger partial charge in [0, 0.05) is 37.5 Å². The highest BCUT2D eigenvalue weighted by molar-refractivity contribution is 7.18. The van der Waals surface area contributed by atoms with Crippen molar-refractivity contribution in [1.82, 2.24) is 14.9 Å². The maximum atomic E-state index is 12.1. The molecular formula is C17H23ClN4OS. The van der Waals surface area contributed by atoms with Crippen LogP contribution in [0, 0.1) is 13.8 Å². The molecule has 2 aromatic heterocycles. The quantitative estimate of drug-likeness (QED) is 0.783. The third-order valence-corrected chi connectivity index (χ3v) is 5.89. The van der Waals surface area contributed by atoms with Gasteiger partial charge in [-0.1, -0.05) is 6.92 Å². The minimum atomic E-state index is -0.462. The number of carbonyl (C=O) groups is 1. The molecule has 2 aromatic rings. The maximum Gasteiger partial charge on any atom is 0.240 e. The number of alkyl halides is 1. The molecule has 24 heavy (non-hydrogen) atoms. The van der Waals surface area contributed by atoms with Gasteiger partial charge in [-0.2, -0.15) is 0 Å². The van der Waals surface area contributed by atoms with Crippen LogP contribution in [0.25, 0.3) is 10.2 Å². The molecule has 1 aliphatic heterocycles. The molecule has 1 fully saturated rings. The molecule has 0 saturated carbocycles. The highest BCUT2D eigenvalue weighted by Crippen LogP contribution is 2.35. The molecule has 0 aliphatic carbocycles. The van der Waals surface area contributed by atoms with Crippen molar-refractivity contribution >= 4 is 44.9 Å². The second kappa shape index (κ2) is 6.84. The highest BCUT2D eigenvalue weighted by atomic mass is 35.5. The Labute approximate surface area is 151 Å². The minimum Gasteiger partial charge on any atom is -0.352 e. The van der Waals surface area contributed by atoms with Crippen LogP contribution >= 0.6 is 22.9 Å². The van der Waals surface area contributed by atoms with E-state index in [0.29, 0.717) is 13.1 Å². The highest BCUT2D eigenvalue weighted by Gasteiger charge is 2.26. The third-order valence-electron chi connectivity index (χ3n) is 4.60. The van der Waals surface area contributed by atoms with Crippen LogP contribution in [-0.2, 0) is 11.2 Å². The van der Waals surface area contributed by atoms with Crippen molar-refractivity contribution in [2.45, 2.75) is 39.5 Å². The summed E-state index contributed by atoms with van der Waals surface area (Å²) in [5, 5.41) is 0.705. The van der Waals surface area contributed by atoms with Crippen LogP contribution in [0.3, 0.4) is 0 Å². The molecule has 1 unspecified atom stereocenters. The van der Waals surface area contributed by atoms with Crippen LogP contribution in [0.1, 0.15) is 30.1 Å². The van der Waals surface area contributed by atoms with Gasteiger partial charge in [0.1, 0.15) is 21.8 Å². The standard InChI is InChI=1S/C17H23ClN4OS/c1-5-13-19-15(14-10(2)12(4)24-16(14)20-13)21-6-8-22(9-7-21)17(23)11(3)18/h11H,5-9H2,1-4H3. The number of piperazine rings is 1. The lowest BCUT2D eigenvalue weighted by Crippen LogP contribution is -2.50. The zero-order valence-electron chi connectivity index (χ0n) is 14.6. The van der Waals surface area contributed by atoms with E-state index in [-0.39, 0.29) is 5.91 Å². The predicted octanol–water partition coefficient (Wildman–Crippen LogP) is 3.15. The molecule has 1 amide bonds. The molecule has 7 heteroatoms. The van der Waals surface area contributed by atoms with E-state index in [1.54, 1.807) is 18.3 Å². The molecular weight excluding hydrogens is 344 g/mol. The molecule has 0 aromatic carbocycles. The van der Waals surface area contributed by atoms with Crippen LogP contribution < -0.4 is 4.90 Å². The maximum absolute atomic E-state index is 12.1. The summed E-state index contributed by atoms with van der Waals surface area (Å²) in [6.07, 6.45) is 0.821. The Morgan fingerprint density at radius 3 is 2.50 bits per heavy atom. The fraction of sp³-hybridized carbons (Fsp3) is 0.588. The number of aryl methyl sites for hydroxylation is 3. The number of thiophene rings is 1. The number of rotatable bonds is 3. The van der Waals surface area contributed by atoms with Gasteiger partial charge in [0.2, 0.25) is 5.91 Å². The molecule has 5 nitrogen and oxygen atoms in total. The van der Waals surface area contributed by atoms with E-state index in [4.69, 9.17) is 21.6 Å². The first-order valence-corrected chi connectivity index (χ1v) is 9.62. The van der Waals surface area contributed by atoms with Crippen molar-refractivity contribution < 1.29 is 4.79 Å². The van der Waals surface area contributed by atoms with E-state index in [2.05, 4.69) is 25.7 Å². The summed E-state index contributed by atoms with van der Waals surface area (Å²) in [5.74, 6) is 1.91. The normalized spacial score (nSPS) is 16.7. The summed E-state index contributed by atoms with van der Waals surface area (Å²) >= 11 is 7.67. The SMILES string of the molecule is CCc1nc(N2CCN(C(=O)C(C)Cl)CC2)c2c(C)c(C)sc2n1. The van der Waals surface area contributed by atoms with Crippen molar-refractivity contribution in [3.8, 4) is 0 Å². The van der Waals surface area contributed by atoms with Gasteiger partial charge >= 0.3 is 0 Å². The van der Waals surface area contributed by atoms with Gasteiger partial charge in [0.25, 0.3) is 0 Å². The number of hydrogen-bond acceptors (Lipinski definition) is 5. The number of hydrogen-bond donors (Lipinski definition) is 0. The molecule has 0 spiro atoms. The van der Waals surface area contributed by atoms with Crippen molar-refractivity contribution in [2.24, 2.45) is 0 Å². The van der Waals surface area contributed by atoms with Crippen molar-refractivity contribution in [1.29, 1.82) is 0 Å². The van der Waals surface area contributed by atoms with Gasteiger partial charge in [0.15, 0.2) is 0 Å². The summed E-state index contributed by atoms with van der Waals surface area (Å²) in [7, 11) is 0. The average Bonchev–Trinajstić information content (AvgIpc) is 2.87. The van der Waals surface area contributed by atoms with E-state index in [1.165, 1.54) is 15.8 Å². The number of fused-ring (bicyclic) bond motifs is 1. The topological polar surface area (TPSA) is 49.3 Å². The van der Waals surface area contributed by atoms with E-state index in [9.17, 15) is 4.79 Å². The van der Waals surface area contributed by atoms with E-state index >= 15 is 0 Å². The Morgan fingerprint density at radius 2 is 1.92 bits per heavy atom. The Bertz CT molecular complexity index is 766. The number of anilines is 1. The van der Waals surface area contributed by atoms with Crippen LogP contribution in [0.4, 0.5) is 5.82 Å². The zero-order valence-corrected chi connectivity index (χ0v) is 16.2. The molecule has 0 bridgehead atoms. The Hall–Kier alpha value is -1.40. The number of aromatic nitrogens is 2. The van der Waals surface area contributed by atoms with E-state index in [1.807, 2.05) is 4.90 Å². The fourth-order valence-corrected chi connectivity index (χ4v) is 4.23. The first kappa shape index (κ1) is 17.4. The summed E-state index contributed by atoms with van der Waals surface area (Å²) in [5.41, 5.74) is 1.26. The van der Waals surface area contributed by atoms with Crippen LogP contribution in [0.5, 0.6) is 0 Å². The minimum absolute atomic E-state index is 0.0148. The molecule has 3 heterocycles. The van der Waals surface area contributed by atoms with Gasteiger partial charge in [-0.05, 0) is 26.3 Å². The second-order valence-electron chi connectivity index (χ2n) is 6.21. The Balaban J connectivity index is 1.91. The number of amides is 1. The molecule has 0 radical (unpaired) electrons. The molecule has 1 saturated heterocycles. The van der Waals surface area contributed by atoms with Gasteiger partial charge < -0.3 is 9.80 Å². The smallest absolute Gasteiger partial charge is 0.240 e. The number of halogens is 1. The molecule has 1 aliphatic rings. The summed E-state index contributed by atoms with van der Waals surface area (Å²) < 4.78 is 0. The largest absolute Gasteiger partial charge is 0.352 e. The van der Waals surface area contributed by atoms with E-state index < -0.39 is 5.38 Å². The van der Waals surface area contributed by atoms with Crippen LogP contribution in [0.2, 0.25) is 0 Å². The predicted molar refractivity (Wildman–Crippen MR) is 100 cm³/mol. The first-order valence-electron chi connectivity index (χ1n) is 8.36. The Kier molecular flexibility index (Phi) is 4.97. The van der Waals surface area contributed by atoms with Crippen LogP contribution in [-0.4, -0.2) is 52.3 Å². The molecule has 1 atom stereocenters. The zero-order chi connectivity index (χ0) is 17.4. The lowest BCUT2D eigenvalue weighted by atomic mass is 10.2. The number of carbonyl (C=O) groups excluding carboxylic acids is 1. The third kappa shape index (κ3) is 3.09. The van der Waals surface area contributed by atoms with Crippen molar-refractivity contribution in [3.05, 3.63) is 16.3 Å². The first-order chi connectivity index (χ1) is 11.4. The average molecular weight is 367 g/mol. The number of nitrogens with zero attached hydrogens (tertiary/aromatic N) is 4. The summed E-state index contributed by atoms with van der Waals surface area (Å²) in [6, 6.07) is 0. The van der Waals surface area contributed by atoms with Crippen LogP contribution in [0.15, 0.2) is 0 Å². The summed E-state index contributed by atoms with van der Waals surface area (Å²) in [6.45, 7) is 11.0. The lowest BCUT2D eigenvalue weighted by Gasteiger charge is -2.36. The van der Waals surface area contributed by atoms with Gasteiger partial charge in [-0.25, -0.2) is 9.97 Å². The monoisotopic (exact) mass is 366 g/mol. The molecule has 3 rings (SSSR count). The lowest BCUT2D eigenvalue weighted by molar-refractivity contribution is -0.130. The molecule has 0 N–H and O–H groups in total. The fourth-order valence-electron chi connectivity index (χ4n) is 3.05. The molecule has 130 valence electrons. The van der Waals surface area contributed by atoms with Gasteiger partial charge in [-0.15, -0.1) is 22.9 Å². The second-order valence-corrected chi connectivity index (χ2v) is 8.07. The van der Waals surface area contributed by atoms with Crippen molar-refractivity contribution in [3.63, 3.8) is 0 Å². The van der Waals surface area contributed by atoms with E-state index in [0.717, 1.165) is 36.0 Å². The Morgan fingerprint density at radius 1 is 1.25 bits per heavy atom. The van der Waals surface area contributed by atoms with Crippen molar-refractivity contribution in [2.75, 3.05) is 31.1 Å². The van der Waals surface area contributed by atoms with Gasteiger partial charge in [0.05, 0.1) is 5.39 Å². The summed E-state index contributed by atoms with van der Waals surface area (Å²) in [4.78, 5) is 28.1.